The Morgan fingerprint density at radius 2 is 2.13 bits per heavy atom. The molecule has 0 aliphatic carbocycles. The molecular weight excluding hydrogens is 292 g/mol. The van der Waals surface area contributed by atoms with Crippen LogP contribution in [0.2, 0.25) is 0 Å². The fraction of sp³-hybridized carbons (Fsp3) is 0.412. The second kappa shape index (κ2) is 7.28. The van der Waals surface area contributed by atoms with E-state index in [-0.39, 0.29) is 12.1 Å². The minimum atomic E-state index is -0.234. The molecule has 1 aromatic heterocycles. The molecule has 6 heteroatoms. The number of benzene rings is 1. The molecule has 0 radical (unpaired) electrons. The van der Waals surface area contributed by atoms with Gasteiger partial charge in [-0.3, -0.25) is 10.00 Å². The Morgan fingerprint density at radius 1 is 1.30 bits per heavy atom. The average molecular weight is 314 g/mol. The van der Waals surface area contributed by atoms with Crippen molar-refractivity contribution in [1.29, 1.82) is 0 Å². The van der Waals surface area contributed by atoms with Crippen LogP contribution in [0.1, 0.15) is 18.2 Å². The van der Waals surface area contributed by atoms with Crippen LogP contribution in [0.4, 0.5) is 4.79 Å². The summed E-state index contributed by atoms with van der Waals surface area (Å²) in [4.78, 5) is 16.4. The quantitative estimate of drug-likeness (QED) is 0.940. The first-order valence-electron chi connectivity index (χ1n) is 7.90. The number of hydrogen-bond acceptors (Lipinski definition) is 4. The third-order valence-electron chi connectivity index (χ3n) is 4.10. The minimum absolute atomic E-state index is 0.134. The number of nitrogens with one attached hydrogen (secondary N) is 1. The number of hydrogen-bond donors (Lipinski definition) is 1. The number of H-pyrrole nitrogens is 1. The van der Waals surface area contributed by atoms with Crippen LogP contribution in [-0.4, -0.2) is 51.8 Å². The molecule has 2 heterocycles. The smallest absolute Gasteiger partial charge is 0.410 e. The van der Waals surface area contributed by atoms with Crippen LogP contribution in [-0.2, 0) is 17.9 Å². The predicted octanol–water partition coefficient (Wildman–Crippen LogP) is 2.25. The van der Waals surface area contributed by atoms with Gasteiger partial charge in [-0.05, 0) is 18.6 Å². The molecule has 0 bridgehead atoms. The molecule has 0 spiro atoms. The zero-order chi connectivity index (χ0) is 16.1. The monoisotopic (exact) mass is 314 g/mol. The maximum atomic E-state index is 12.3. The molecule has 0 unspecified atom stereocenters. The molecule has 23 heavy (non-hydrogen) atoms. The van der Waals surface area contributed by atoms with Crippen LogP contribution in [0.5, 0.6) is 0 Å². The third-order valence-corrected chi connectivity index (χ3v) is 4.10. The van der Waals surface area contributed by atoms with Gasteiger partial charge in [0, 0.05) is 44.1 Å². The van der Waals surface area contributed by atoms with Crippen molar-refractivity contribution in [3.63, 3.8) is 0 Å². The van der Waals surface area contributed by atoms with E-state index in [4.69, 9.17) is 4.74 Å². The van der Waals surface area contributed by atoms with Gasteiger partial charge in [0.2, 0.25) is 0 Å². The second-order valence-electron chi connectivity index (χ2n) is 5.90. The summed E-state index contributed by atoms with van der Waals surface area (Å²) in [7, 11) is 0. The first-order chi connectivity index (χ1) is 11.2. The number of carbonyl (C=O) groups is 1. The second-order valence-corrected chi connectivity index (χ2v) is 5.90. The SMILES string of the molecule is C[C@H]1CN(Cc2ccn[nH]2)CCN1C(=O)OCc1ccccc1. The fourth-order valence-corrected chi connectivity index (χ4v) is 2.86. The Kier molecular flexibility index (Phi) is 4.92. The number of ether oxygens (including phenoxy) is 1. The predicted molar refractivity (Wildman–Crippen MR) is 86.7 cm³/mol. The average Bonchev–Trinajstić information content (AvgIpc) is 3.07. The Balaban J connectivity index is 1.48. The van der Waals surface area contributed by atoms with Crippen LogP contribution in [0, 0.1) is 0 Å². The Bertz CT molecular complexity index is 615. The Hall–Kier alpha value is -2.34. The van der Waals surface area contributed by atoms with E-state index in [1.165, 1.54) is 0 Å². The highest BCUT2D eigenvalue weighted by molar-refractivity contribution is 5.68. The molecule has 3 rings (SSSR count). The van der Waals surface area contributed by atoms with Crippen molar-refractivity contribution >= 4 is 6.09 Å². The van der Waals surface area contributed by atoms with Gasteiger partial charge < -0.3 is 9.64 Å². The van der Waals surface area contributed by atoms with Gasteiger partial charge in [-0.15, -0.1) is 0 Å². The van der Waals surface area contributed by atoms with E-state index in [1.54, 1.807) is 6.20 Å². The summed E-state index contributed by atoms with van der Waals surface area (Å²) in [5, 5.41) is 6.94. The van der Waals surface area contributed by atoms with Gasteiger partial charge in [-0.25, -0.2) is 4.79 Å². The van der Waals surface area contributed by atoms with Gasteiger partial charge in [-0.2, -0.15) is 5.10 Å². The normalized spacial score (nSPS) is 18.8. The van der Waals surface area contributed by atoms with Crippen LogP contribution < -0.4 is 0 Å². The van der Waals surface area contributed by atoms with Gasteiger partial charge in [0.05, 0.1) is 0 Å². The summed E-state index contributed by atoms with van der Waals surface area (Å²) >= 11 is 0. The van der Waals surface area contributed by atoms with E-state index in [0.29, 0.717) is 13.2 Å². The number of nitrogens with zero attached hydrogens (tertiary/aromatic N) is 3. The number of aromatic nitrogens is 2. The largest absolute Gasteiger partial charge is 0.445 e. The lowest BCUT2D eigenvalue weighted by molar-refractivity contribution is 0.0455. The van der Waals surface area contributed by atoms with Crippen molar-refractivity contribution in [2.24, 2.45) is 0 Å². The van der Waals surface area contributed by atoms with Crippen LogP contribution in [0.15, 0.2) is 42.6 Å². The summed E-state index contributed by atoms with van der Waals surface area (Å²) in [6, 6.07) is 11.9. The highest BCUT2D eigenvalue weighted by Crippen LogP contribution is 2.14. The van der Waals surface area contributed by atoms with Gasteiger partial charge in [0.25, 0.3) is 0 Å². The summed E-state index contributed by atoms with van der Waals surface area (Å²) in [5.41, 5.74) is 2.10. The summed E-state index contributed by atoms with van der Waals surface area (Å²) in [5.74, 6) is 0. The molecular formula is C17H22N4O2. The van der Waals surface area contributed by atoms with E-state index in [9.17, 15) is 4.79 Å². The van der Waals surface area contributed by atoms with E-state index >= 15 is 0 Å². The van der Waals surface area contributed by atoms with Crippen molar-refractivity contribution < 1.29 is 9.53 Å². The van der Waals surface area contributed by atoms with Crippen molar-refractivity contribution in [2.75, 3.05) is 19.6 Å². The first-order valence-corrected chi connectivity index (χ1v) is 7.90. The maximum Gasteiger partial charge on any atom is 0.410 e. The molecule has 1 atom stereocenters. The molecule has 1 saturated heterocycles. The van der Waals surface area contributed by atoms with E-state index in [1.807, 2.05) is 41.3 Å². The molecule has 0 saturated carbocycles. The molecule has 2 aromatic rings. The molecule has 1 aliphatic rings. The molecule has 1 aromatic carbocycles. The standard InChI is InChI=1S/C17H22N4O2/c1-14-11-20(12-16-7-8-18-19-16)9-10-21(14)17(22)23-13-15-5-3-2-4-6-15/h2-8,14H,9-13H2,1H3,(H,18,19)/t14-/m0/s1. The molecule has 1 aliphatic heterocycles. The van der Waals surface area contributed by atoms with Gasteiger partial charge in [-0.1, -0.05) is 30.3 Å². The molecule has 6 nitrogen and oxygen atoms in total. The van der Waals surface area contributed by atoms with Crippen molar-refractivity contribution in [2.45, 2.75) is 26.1 Å². The lowest BCUT2D eigenvalue weighted by atomic mass is 10.2. The lowest BCUT2D eigenvalue weighted by Gasteiger charge is -2.38. The fourth-order valence-electron chi connectivity index (χ4n) is 2.86. The van der Waals surface area contributed by atoms with E-state index < -0.39 is 0 Å². The summed E-state index contributed by atoms with van der Waals surface area (Å²) < 4.78 is 5.43. The van der Waals surface area contributed by atoms with Crippen LogP contribution in [0.25, 0.3) is 0 Å². The number of aromatic amines is 1. The zero-order valence-electron chi connectivity index (χ0n) is 13.3. The summed E-state index contributed by atoms with van der Waals surface area (Å²) in [6.07, 6.45) is 1.53. The van der Waals surface area contributed by atoms with Gasteiger partial charge in [0.1, 0.15) is 6.61 Å². The lowest BCUT2D eigenvalue weighted by Crippen LogP contribution is -2.53. The minimum Gasteiger partial charge on any atom is -0.445 e. The number of piperazine rings is 1. The van der Waals surface area contributed by atoms with Crippen molar-refractivity contribution in [3.05, 3.63) is 53.9 Å². The molecule has 122 valence electrons. The van der Waals surface area contributed by atoms with E-state index in [0.717, 1.165) is 30.9 Å². The highest BCUT2D eigenvalue weighted by Gasteiger charge is 2.28. The van der Waals surface area contributed by atoms with Crippen LogP contribution in [0.3, 0.4) is 0 Å². The topological polar surface area (TPSA) is 61.5 Å². The first kappa shape index (κ1) is 15.6. The van der Waals surface area contributed by atoms with E-state index in [2.05, 4.69) is 22.0 Å². The van der Waals surface area contributed by atoms with Crippen molar-refractivity contribution in [1.82, 2.24) is 20.0 Å². The third kappa shape index (κ3) is 4.10. The number of rotatable bonds is 4. The van der Waals surface area contributed by atoms with Gasteiger partial charge >= 0.3 is 6.09 Å². The maximum absolute atomic E-state index is 12.3. The Labute approximate surface area is 136 Å². The zero-order valence-corrected chi connectivity index (χ0v) is 13.3. The highest BCUT2D eigenvalue weighted by atomic mass is 16.6. The molecule has 1 amide bonds. The summed E-state index contributed by atoms with van der Waals surface area (Å²) in [6.45, 7) is 5.56. The van der Waals surface area contributed by atoms with Crippen molar-refractivity contribution in [3.8, 4) is 0 Å². The Morgan fingerprint density at radius 3 is 2.83 bits per heavy atom. The number of amides is 1. The van der Waals surface area contributed by atoms with Crippen LogP contribution >= 0.6 is 0 Å². The molecule has 1 N–H and O–H groups in total. The molecule has 1 fully saturated rings. The van der Waals surface area contributed by atoms with Gasteiger partial charge in [0.15, 0.2) is 0 Å². The number of carbonyl (C=O) groups excluding carboxylic acids is 1.